The molecule has 254 valence electrons. The van der Waals surface area contributed by atoms with Crippen molar-refractivity contribution in [3.8, 4) is 27.9 Å². The molecule has 0 spiro atoms. The number of nitrogens with zero attached hydrogens (tertiary/aromatic N) is 2. The first-order valence-corrected chi connectivity index (χ1v) is 18.7. The lowest BCUT2D eigenvalue weighted by Gasteiger charge is -2.26. The third-order valence-electron chi connectivity index (χ3n) is 11.5. The lowest BCUT2D eigenvalue weighted by Crippen LogP contribution is -2.17. The van der Waals surface area contributed by atoms with Gasteiger partial charge in [0.25, 0.3) is 0 Å². The van der Waals surface area contributed by atoms with Crippen LogP contribution in [0.2, 0.25) is 0 Å². The van der Waals surface area contributed by atoms with Gasteiger partial charge in [0.1, 0.15) is 0 Å². The number of rotatable bonds is 6. The normalized spacial score (nSPS) is 14.5. The summed E-state index contributed by atoms with van der Waals surface area (Å²) in [5.41, 5.74) is 17.6. The standard InChI is InChI=1S/C51H40N2/c1-51(2)47-19-11-9-17-43(47)44-31-29-41(33-48(44)51)53-49-20-12-10-18-45(49)46-32-30-42(34-50(46)53)52(39-25-21-37(22-26-39)35-13-5-3-6-14-35)40-27-23-38(24-28-40)36-15-7-4-8-16-36/h3-8,10-16,18-34H,9,17H2,1-2H3. The summed E-state index contributed by atoms with van der Waals surface area (Å²) in [6, 6.07) is 62.2. The third kappa shape index (κ3) is 5.17. The van der Waals surface area contributed by atoms with Gasteiger partial charge in [0, 0.05) is 38.9 Å². The fraction of sp³-hybridized carbons (Fsp3) is 0.0980. The molecule has 8 aromatic rings. The third-order valence-corrected chi connectivity index (χ3v) is 11.5. The highest BCUT2D eigenvalue weighted by Gasteiger charge is 2.37. The van der Waals surface area contributed by atoms with Crippen LogP contribution < -0.4 is 4.90 Å². The molecule has 0 amide bonds. The van der Waals surface area contributed by atoms with E-state index in [9.17, 15) is 0 Å². The predicted octanol–water partition coefficient (Wildman–Crippen LogP) is 14.0. The molecule has 2 heteroatoms. The Labute approximate surface area is 311 Å². The van der Waals surface area contributed by atoms with Gasteiger partial charge in [0.15, 0.2) is 0 Å². The Hall–Kier alpha value is -6.38. The minimum Gasteiger partial charge on any atom is -0.310 e. The van der Waals surface area contributed by atoms with E-state index in [1.165, 1.54) is 72.0 Å². The summed E-state index contributed by atoms with van der Waals surface area (Å²) in [4.78, 5) is 2.39. The number of hydrogen-bond acceptors (Lipinski definition) is 1. The Bertz CT molecular complexity index is 2630. The summed E-state index contributed by atoms with van der Waals surface area (Å²) in [6.07, 6.45) is 6.96. The summed E-state index contributed by atoms with van der Waals surface area (Å²) in [7, 11) is 0. The predicted molar refractivity (Wildman–Crippen MR) is 225 cm³/mol. The molecule has 10 rings (SSSR count). The molecule has 1 heterocycles. The molecule has 0 unspecified atom stereocenters. The molecule has 2 aliphatic carbocycles. The molecular weight excluding hydrogens is 641 g/mol. The second-order valence-electron chi connectivity index (χ2n) is 14.9. The molecule has 0 saturated carbocycles. The van der Waals surface area contributed by atoms with Gasteiger partial charge in [0.05, 0.1) is 11.0 Å². The fourth-order valence-corrected chi connectivity index (χ4v) is 8.82. The molecule has 2 nitrogen and oxygen atoms in total. The molecule has 2 aliphatic rings. The van der Waals surface area contributed by atoms with Crippen LogP contribution in [0.3, 0.4) is 0 Å². The largest absolute Gasteiger partial charge is 0.310 e. The molecule has 0 atom stereocenters. The van der Waals surface area contributed by atoms with E-state index in [1.54, 1.807) is 0 Å². The minimum atomic E-state index is -0.0316. The molecular formula is C51H40N2. The topological polar surface area (TPSA) is 8.17 Å². The zero-order valence-corrected chi connectivity index (χ0v) is 30.1. The highest BCUT2D eigenvalue weighted by atomic mass is 15.1. The summed E-state index contributed by atoms with van der Waals surface area (Å²) in [6.45, 7) is 4.78. The Morgan fingerprint density at radius 1 is 0.509 bits per heavy atom. The second kappa shape index (κ2) is 12.4. The molecule has 0 radical (unpaired) electrons. The number of benzene rings is 7. The van der Waals surface area contributed by atoms with Crippen LogP contribution >= 0.6 is 0 Å². The van der Waals surface area contributed by atoms with Crippen LogP contribution in [0.1, 0.15) is 37.8 Å². The van der Waals surface area contributed by atoms with E-state index in [0.29, 0.717) is 0 Å². The number of para-hydroxylation sites is 1. The van der Waals surface area contributed by atoms with Crippen molar-refractivity contribution in [2.24, 2.45) is 0 Å². The number of allylic oxidation sites excluding steroid dienone is 4. The SMILES string of the molecule is CC1(C)C2=C(CCC=C2)c2ccc(-n3c4ccccc4c4ccc(N(c5ccc(-c6ccccc6)cc5)c5ccc(-c6ccccc6)cc5)cc43)cc21. The van der Waals surface area contributed by atoms with Crippen molar-refractivity contribution >= 4 is 44.4 Å². The minimum absolute atomic E-state index is 0.0316. The molecule has 0 aliphatic heterocycles. The monoisotopic (exact) mass is 680 g/mol. The van der Waals surface area contributed by atoms with Crippen LogP contribution in [0.4, 0.5) is 17.1 Å². The van der Waals surface area contributed by atoms with Gasteiger partial charge >= 0.3 is 0 Å². The van der Waals surface area contributed by atoms with Gasteiger partial charge in [0.2, 0.25) is 0 Å². The van der Waals surface area contributed by atoms with Gasteiger partial charge in [-0.3, -0.25) is 0 Å². The highest BCUT2D eigenvalue weighted by Crippen LogP contribution is 2.51. The number of aromatic nitrogens is 1. The van der Waals surface area contributed by atoms with E-state index in [1.807, 2.05) is 0 Å². The van der Waals surface area contributed by atoms with Gasteiger partial charge < -0.3 is 9.47 Å². The quantitative estimate of drug-likeness (QED) is 0.170. The lowest BCUT2D eigenvalue weighted by atomic mass is 9.80. The number of hydrogen-bond donors (Lipinski definition) is 0. The Kier molecular flexibility index (Phi) is 7.33. The van der Waals surface area contributed by atoms with Crippen LogP contribution in [0.15, 0.2) is 188 Å². The molecule has 53 heavy (non-hydrogen) atoms. The van der Waals surface area contributed by atoms with Crippen LogP contribution in [0, 0.1) is 0 Å². The van der Waals surface area contributed by atoms with Crippen molar-refractivity contribution in [2.75, 3.05) is 4.90 Å². The fourth-order valence-electron chi connectivity index (χ4n) is 8.82. The van der Waals surface area contributed by atoms with Gasteiger partial charge in [-0.1, -0.05) is 141 Å². The first-order chi connectivity index (χ1) is 26.0. The average molecular weight is 681 g/mol. The van der Waals surface area contributed by atoms with Gasteiger partial charge in [-0.05, 0) is 112 Å². The summed E-state index contributed by atoms with van der Waals surface area (Å²) >= 11 is 0. The summed E-state index contributed by atoms with van der Waals surface area (Å²) in [5, 5.41) is 2.52. The Morgan fingerprint density at radius 3 is 1.74 bits per heavy atom. The van der Waals surface area contributed by atoms with Crippen molar-refractivity contribution in [3.63, 3.8) is 0 Å². The van der Waals surface area contributed by atoms with Crippen LogP contribution in [0.5, 0.6) is 0 Å². The summed E-state index contributed by atoms with van der Waals surface area (Å²) in [5.74, 6) is 0. The first kappa shape index (κ1) is 31.4. The highest BCUT2D eigenvalue weighted by molar-refractivity contribution is 6.10. The van der Waals surface area contributed by atoms with E-state index in [0.717, 1.165) is 29.9 Å². The van der Waals surface area contributed by atoms with Crippen molar-refractivity contribution in [1.29, 1.82) is 0 Å². The van der Waals surface area contributed by atoms with Crippen LogP contribution in [-0.2, 0) is 5.41 Å². The molecule has 7 aromatic carbocycles. The Morgan fingerprint density at radius 2 is 1.08 bits per heavy atom. The van der Waals surface area contributed by atoms with Gasteiger partial charge in [-0.15, -0.1) is 0 Å². The maximum Gasteiger partial charge on any atom is 0.0561 e. The Balaban J connectivity index is 1.14. The van der Waals surface area contributed by atoms with E-state index in [4.69, 9.17) is 0 Å². The zero-order valence-electron chi connectivity index (χ0n) is 30.1. The van der Waals surface area contributed by atoms with Crippen molar-refractivity contribution < 1.29 is 0 Å². The molecule has 0 fully saturated rings. The van der Waals surface area contributed by atoms with Gasteiger partial charge in [-0.25, -0.2) is 0 Å². The van der Waals surface area contributed by atoms with Crippen molar-refractivity contribution in [3.05, 3.63) is 199 Å². The summed E-state index contributed by atoms with van der Waals surface area (Å²) < 4.78 is 2.48. The van der Waals surface area contributed by atoms with E-state index in [2.05, 4.69) is 205 Å². The zero-order chi connectivity index (χ0) is 35.5. The van der Waals surface area contributed by atoms with Crippen LogP contribution in [0.25, 0.3) is 55.3 Å². The molecule has 0 N–H and O–H groups in total. The van der Waals surface area contributed by atoms with E-state index in [-0.39, 0.29) is 5.41 Å². The van der Waals surface area contributed by atoms with Crippen molar-refractivity contribution in [1.82, 2.24) is 4.57 Å². The first-order valence-electron chi connectivity index (χ1n) is 18.7. The number of fused-ring (bicyclic) bond motifs is 5. The maximum atomic E-state index is 2.48. The maximum absolute atomic E-state index is 2.48. The van der Waals surface area contributed by atoms with E-state index < -0.39 is 0 Å². The molecule has 1 aromatic heterocycles. The average Bonchev–Trinajstić information content (AvgIpc) is 3.67. The molecule has 0 bridgehead atoms. The van der Waals surface area contributed by atoms with E-state index >= 15 is 0 Å². The van der Waals surface area contributed by atoms with Crippen LogP contribution in [-0.4, -0.2) is 4.57 Å². The number of anilines is 3. The van der Waals surface area contributed by atoms with Gasteiger partial charge in [-0.2, -0.15) is 0 Å². The van der Waals surface area contributed by atoms with Crippen molar-refractivity contribution in [2.45, 2.75) is 32.1 Å². The second-order valence-corrected chi connectivity index (χ2v) is 14.9. The lowest BCUT2D eigenvalue weighted by molar-refractivity contribution is 0.651. The smallest absolute Gasteiger partial charge is 0.0561 e. The molecule has 0 saturated heterocycles.